The number of esters is 1. The minimum Gasteiger partial charge on any atom is -0.460 e. The normalized spacial score (nSPS) is 26.3. The number of carbonyl (C=O) groups excluding carboxylic acids is 1. The van der Waals surface area contributed by atoms with Gasteiger partial charge in [0, 0.05) is 12.1 Å². The summed E-state index contributed by atoms with van der Waals surface area (Å²) in [4.78, 5) is 11.6. The highest BCUT2D eigenvalue weighted by molar-refractivity contribution is 5.74. The molecule has 1 fully saturated rings. The van der Waals surface area contributed by atoms with Crippen molar-refractivity contribution in [1.29, 1.82) is 0 Å². The molecule has 0 bridgehead atoms. The van der Waals surface area contributed by atoms with Gasteiger partial charge in [-0.3, -0.25) is 4.79 Å². The summed E-state index contributed by atoms with van der Waals surface area (Å²) in [6.07, 6.45) is 1.85. The fourth-order valence-corrected chi connectivity index (χ4v) is 1.80. The van der Waals surface area contributed by atoms with Crippen LogP contribution in [0.3, 0.4) is 0 Å². The molecule has 1 aliphatic carbocycles. The summed E-state index contributed by atoms with van der Waals surface area (Å²) in [5.41, 5.74) is -0.354. The quantitative estimate of drug-likeness (QED) is 0.730. The fraction of sp³-hybridized carbons (Fsp3) is 0.917. The number of hydrogen-bond acceptors (Lipinski definition) is 3. The Morgan fingerprint density at radius 2 is 1.87 bits per heavy atom. The van der Waals surface area contributed by atoms with Crippen LogP contribution in [0.5, 0.6) is 0 Å². The van der Waals surface area contributed by atoms with Crippen molar-refractivity contribution in [2.24, 2.45) is 5.92 Å². The molecule has 1 rings (SSSR count). The monoisotopic (exact) mass is 213 g/mol. The van der Waals surface area contributed by atoms with Crippen LogP contribution in [0, 0.1) is 5.92 Å². The molecule has 3 nitrogen and oxygen atoms in total. The molecule has 0 aliphatic heterocycles. The third kappa shape index (κ3) is 4.20. The van der Waals surface area contributed by atoms with Gasteiger partial charge in [-0.2, -0.15) is 0 Å². The number of carbonyl (C=O) groups is 1. The average molecular weight is 213 g/mol. The number of ether oxygens (including phenoxy) is 1. The molecule has 0 aromatic heterocycles. The van der Waals surface area contributed by atoms with Gasteiger partial charge in [0.1, 0.15) is 5.60 Å². The molecule has 3 heteroatoms. The van der Waals surface area contributed by atoms with Gasteiger partial charge in [-0.25, -0.2) is 0 Å². The van der Waals surface area contributed by atoms with Crippen LogP contribution < -0.4 is 5.32 Å². The maximum Gasteiger partial charge on any atom is 0.309 e. The van der Waals surface area contributed by atoms with Crippen LogP contribution in [0.2, 0.25) is 0 Å². The third-order valence-electron chi connectivity index (χ3n) is 2.45. The van der Waals surface area contributed by atoms with E-state index in [4.69, 9.17) is 4.74 Å². The summed E-state index contributed by atoms with van der Waals surface area (Å²) in [6.45, 7) is 9.98. The van der Waals surface area contributed by atoms with Crippen LogP contribution in [0.25, 0.3) is 0 Å². The van der Waals surface area contributed by atoms with Crippen molar-refractivity contribution in [2.45, 2.75) is 65.1 Å². The first kappa shape index (κ1) is 12.5. The van der Waals surface area contributed by atoms with Crippen molar-refractivity contribution in [2.75, 3.05) is 0 Å². The molecule has 0 aromatic carbocycles. The summed E-state index contributed by atoms with van der Waals surface area (Å²) in [6, 6.07) is 0.997. The predicted octanol–water partition coefficient (Wildman–Crippen LogP) is 2.10. The molecule has 1 aliphatic rings. The second kappa shape index (κ2) is 4.52. The van der Waals surface area contributed by atoms with Crippen LogP contribution in [0.15, 0.2) is 0 Å². The second-order valence-corrected chi connectivity index (χ2v) is 5.72. The van der Waals surface area contributed by atoms with E-state index in [1.807, 2.05) is 20.8 Å². The SMILES string of the molecule is CC(C)NC1CC(C(=O)OC(C)(C)C)C1. The zero-order chi connectivity index (χ0) is 11.6. The fourth-order valence-electron chi connectivity index (χ4n) is 1.80. The van der Waals surface area contributed by atoms with E-state index >= 15 is 0 Å². The first-order valence-corrected chi connectivity index (χ1v) is 5.77. The van der Waals surface area contributed by atoms with E-state index < -0.39 is 0 Å². The molecule has 0 unspecified atom stereocenters. The van der Waals surface area contributed by atoms with E-state index in [9.17, 15) is 4.79 Å². The molecule has 0 radical (unpaired) electrons. The Morgan fingerprint density at radius 3 is 2.27 bits per heavy atom. The summed E-state index contributed by atoms with van der Waals surface area (Å²) < 4.78 is 5.33. The molecule has 1 saturated carbocycles. The summed E-state index contributed by atoms with van der Waals surface area (Å²) in [5, 5.41) is 3.42. The Hall–Kier alpha value is -0.570. The van der Waals surface area contributed by atoms with E-state index in [0.717, 1.165) is 12.8 Å². The number of rotatable bonds is 3. The van der Waals surface area contributed by atoms with Gasteiger partial charge < -0.3 is 10.1 Å². The van der Waals surface area contributed by atoms with Crippen LogP contribution in [-0.4, -0.2) is 23.7 Å². The van der Waals surface area contributed by atoms with Gasteiger partial charge in [0.15, 0.2) is 0 Å². The Kier molecular flexibility index (Phi) is 3.77. The Morgan fingerprint density at radius 1 is 1.33 bits per heavy atom. The van der Waals surface area contributed by atoms with Gasteiger partial charge in [0.05, 0.1) is 5.92 Å². The smallest absolute Gasteiger partial charge is 0.309 e. The summed E-state index contributed by atoms with van der Waals surface area (Å²) >= 11 is 0. The highest BCUT2D eigenvalue weighted by Gasteiger charge is 2.37. The van der Waals surface area contributed by atoms with Gasteiger partial charge in [0.25, 0.3) is 0 Å². The lowest BCUT2D eigenvalue weighted by Gasteiger charge is -2.37. The largest absolute Gasteiger partial charge is 0.460 e. The first-order chi connectivity index (χ1) is 6.78. The van der Waals surface area contributed by atoms with E-state index in [0.29, 0.717) is 12.1 Å². The second-order valence-electron chi connectivity index (χ2n) is 5.72. The highest BCUT2D eigenvalue weighted by atomic mass is 16.6. The van der Waals surface area contributed by atoms with E-state index in [-0.39, 0.29) is 17.5 Å². The van der Waals surface area contributed by atoms with Gasteiger partial charge in [-0.05, 0) is 33.6 Å². The standard InChI is InChI=1S/C12H23NO2/c1-8(2)13-10-6-9(7-10)11(14)15-12(3,4)5/h8-10,13H,6-7H2,1-5H3. The van der Waals surface area contributed by atoms with Crippen molar-refractivity contribution in [3.05, 3.63) is 0 Å². The zero-order valence-electron chi connectivity index (χ0n) is 10.5. The molecular formula is C12H23NO2. The molecule has 1 N–H and O–H groups in total. The molecule has 0 amide bonds. The maximum absolute atomic E-state index is 11.6. The average Bonchev–Trinajstić information content (AvgIpc) is 1.91. The maximum atomic E-state index is 11.6. The third-order valence-corrected chi connectivity index (χ3v) is 2.45. The molecule has 0 atom stereocenters. The van der Waals surface area contributed by atoms with Gasteiger partial charge >= 0.3 is 5.97 Å². The van der Waals surface area contributed by atoms with Gasteiger partial charge in [-0.1, -0.05) is 13.8 Å². The van der Waals surface area contributed by atoms with Crippen molar-refractivity contribution in [1.82, 2.24) is 5.32 Å². The lowest BCUT2D eigenvalue weighted by molar-refractivity contribution is -0.163. The van der Waals surface area contributed by atoms with Gasteiger partial charge in [0.2, 0.25) is 0 Å². The van der Waals surface area contributed by atoms with Gasteiger partial charge in [-0.15, -0.1) is 0 Å². The lowest BCUT2D eigenvalue weighted by atomic mass is 9.80. The summed E-state index contributed by atoms with van der Waals surface area (Å²) in [7, 11) is 0. The van der Waals surface area contributed by atoms with E-state index in [1.165, 1.54) is 0 Å². The van der Waals surface area contributed by atoms with Crippen LogP contribution >= 0.6 is 0 Å². The van der Waals surface area contributed by atoms with Crippen LogP contribution in [0.1, 0.15) is 47.5 Å². The Labute approximate surface area is 92.6 Å². The Balaban J connectivity index is 2.24. The minimum absolute atomic E-state index is 0.0377. The van der Waals surface area contributed by atoms with Crippen molar-refractivity contribution < 1.29 is 9.53 Å². The molecule has 0 spiro atoms. The van der Waals surface area contributed by atoms with Crippen LogP contribution in [0.4, 0.5) is 0 Å². The van der Waals surface area contributed by atoms with E-state index in [1.54, 1.807) is 0 Å². The van der Waals surface area contributed by atoms with Crippen molar-refractivity contribution in [3.63, 3.8) is 0 Å². The molecule has 0 saturated heterocycles. The van der Waals surface area contributed by atoms with Crippen molar-refractivity contribution >= 4 is 5.97 Å². The topological polar surface area (TPSA) is 38.3 Å². The molecular weight excluding hydrogens is 190 g/mol. The van der Waals surface area contributed by atoms with Crippen LogP contribution in [-0.2, 0) is 9.53 Å². The predicted molar refractivity (Wildman–Crippen MR) is 60.6 cm³/mol. The Bertz CT molecular complexity index is 224. The van der Waals surface area contributed by atoms with E-state index in [2.05, 4.69) is 19.2 Å². The zero-order valence-corrected chi connectivity index (χ0v) is 10.5. The number of nitrogens with one attached hydrogen (secondary N) is 1. The molecule has 15 heavy (non-hydrogen) atoms. The lowest BCUT2D eigenvalue weighted by Crippen LogP contribution is -2.48. The summed E-state index contributed by atoms with van der Waals surface area (Å²) in [5.74, 6) is 0.0739. The highest BCUT2D eigenvalue weighted by Crippen LogP contribution is 2.30. The molecule has 88 valence electrons. The van der Waals surface area contributed by atoms with Crippen molar-refractivity contribution in [3.8, 4) is 0 Å². The molecule has 0 heterocycles. The minimum atomic E-state index is -0.354. The first-order valence-electron chi connectivity index (χ1n) is 5.77. The number of hydrogen-bond donors (Lipinski definition) is 1. The molecule has 0 aromatic rings.